The Balaban J connectivity index is 1.91. The molecule has 6 nitrogen and oxygen atoms in total. The number of fused-ring (bicyclic) bond motifs is 1. The molecule has 2 heterocycles. The van der Waals surface area contributed by atoms with Gasteiger partial charge in [0, 0.05) is 11.3 Å². The molecule has 0 aliphatic rings. The lowest BCUT2D eigenvalue weighted by atomic mass is 10.0. The first-order valence-electron chi connectivity index (χ1n) is 8.92. The van der Waals surface area contributed by atoms with E-state index in [1.807, 2.05) is 52.0 Å². The number of carbonyl (C=O) groups is 1. The van der Waals surface area contributed by atoms with Crippen molar-refractivity contribution in [2.45, 2.75) is 46.8 Å². The van der Waals surface area contributed by atoms with E-state index >= 15 is 0 Å². The molecule has 0 saturated heterocycles. The number of hydrogen-bond acceptors (Lipinski definition) is 3. The number of aliphatic hydroxyl groups excluding tert-OH is 1. The van der Waals surface area contributed by atoms with Crippen LogP contribution in [-0.4, -0.2) is 26.0 Å². The lowest BCUT2D eigenvalue weighted by molar-refractivity contribution is 0.0918. The molecule has 1 aromatic carbocycles. The molecule has 3 aromatic rings. The molecule has 2 atom stereocenters. The number of aryl methyl sites for hydroxylation is 1. The molecule has 0 aliphatic carbocycles. The monoisotopic (exact) mass is 354 g/mol. The van der Waals surface area contributed by atoms with Gasteiger partial charge in [-0.3, -0.25) is 4.79 Å². The molecular weight excluding hydrogens is 328 g/mol. The zero-order valence-electron chi connectivity index (χ0n) is 15.8. The Hall–Kier alpha value is -2.60. The maximum absolute atomic E-state index is 12.9. The Morgan fingerprint density at radius 3 is 2.42 bits per heavy atom. The zero-order valence-corrected chi connectivity index (χ0v) is 15.8. The Morgan fingerprint density at radius 1 is 1.15 bits per heavy atom. The first kappa shape index (κ1) is 18.2. The van der Waals surface area contributed by atoms with Gasteiger partial charge in [0.05, 0.1) is 23.2 Å². The van der Waals surface area contributed by atoms with Crippen molar-refractivity contribution < 1.29 is 9.90 Å². The number of benzene rings is 1. The average molecular weight is 354 g/mol. The van der Waals surface area contributed by atoms with Crippen LogP contribution < -0.4 is 5.32 Å². The van der Waals surface area contributed by atoms with E-state index in [1.165, 1.54) is 0 Å². The fourth-order valence-electron chi connectivity index (χ4n) is 3.50. The van der Waals surface area contributed by atoms with Crippen LogP contribution in [0.5, 0.6) is 0 Å². The van der Waals surface area contributed by atoms with E-state index in [4.69, 9.17) is 0 Å². The van der Waals surface area contributed by atoms with E-state index in [-0.39, 0.29) is 17.9 Å². The van der Waals surface area contributed by atoms with Crippen LogP contribution in [0.15, 0.2) is 24.3 Å². The van der Waals surface area contributed by atoms with Gasteiger partial charge < -0.3 is 20.4 Å². The minimum Gasteiger partial charge on any atom is -0.389 e. The van der Waals surface area contributed by atoms with Crippen LogP contribution in [0.25, 0.3) is 11.0 Å². The van der Waals surface area contributed by atoms with Crippen LogP contribution in [-0.2, 0) is 0 Å². The van der Waals surface area contributed by atoms with E-state index in [1.54, 1.807) is 6.92 Å². The van der Waals surface area contributed by atoms with Crippen LogP contribution in [0.2, 0.25) is 0 Å². The van der Waals surface area contributed by atoms with Gasteiger partial charge in [-0.05, 0) is 44.4 Å². The number of para-hydroxylation sites is 2. The summed E-state index contributed by atoms with van der Waals surface area (Å²) in [6, 6.07) is 7.57. The first-order valence-corrected chi connectivity index (χ1v) is 8.92. The maximum Gasteiger partial charge on any atom is 0.268 e. The SMILES string of the molecule is Cc1[nH]c(C(=O)N[C@@H](c2nc3ccccc3[nH]2)C(C)C)c(C)c1[C@@H](C)O. The summed E-state index contributed by atoms with van der Waals surface area (Å²) in [4.78, 5) is 23.9. The normalized spacial score (nSPS) is 14.0. The molecule has 1 amide bonds. The predicted molar refractivity (Wildman–Crippen MR) is 102 cm³/mol. The van der Waals surface area contributed by atoms with Crippen molar-refractivity contribution in [3.63, 3.8) is 0 Å². The summed E-state index contributed by atoms with van der Waals surface area (Å²) >= 11 is 0. The number of amides is 1. The molecular formula is C20H26N4O2. The number of aliphatic hydroxyl groups is 1. The van der Waals surface area contributed by atoms with Crippen molar-refractivity contribution in [3.05, 3.63) is 52.6 Å². The standard InChI is InChI=1S/C20H26N4O2/c1-10(2)17(19-22-14-8-6-7-9-15(14)23-19)24-20(26)18-11(3)16(13(5)25)12(4)21-18/h6-10,13,17,21,25H,1-5H3,(H,22,23)(H,24,26)/t13-,17-/m1/s1. The van der Waals surface area contributed by atoms with Gasteiger partial charge in [-0.2, -0.15) is 0 Å². The Kier molecular flexibility index (Phi) is 4.87. The molecule has 0 fully saturated rings. The lowest BCUT2D eigenvalue weighted by Gasteiger charge is -2.20. The molecule has 0 unspecified atom stereocenters. The van der Waals surface area contributed by atoms with Crippen LogP contribution in [0.3, 0.4) is 0 Å². The van der Waals surface area contributed by atoms with E-state index in [0.29, 0.717) is 5.69 Å². The Morgan fingerprint density at radius 2 is 1.85 bits per heavy atom. The second-order valence-electron chi connectivity index (χ2n) is 7.17. The highest BCUT2D eigenvalue weighted by Crippen LogP contribution is 2.26. The van der Waals surface area contributed by atoms with Crippen molar-refractivity contribution in [3.8, 4) is 0 Å². The molecule has 0 bridgehead atoms. The van der Waals surface area contributed by atoms with Gasteiger partial charge in [0.15, 0.2) is 0 Å². The number of rotatable bonds is 5. The second kappa shape index (κ2) is 6.96. The van der Waals surface area contributed by atoms with E-state index in [2.05, 4.69) is 20.3 Å². The fraction of sp³-hybridized carbons (Fsp3) is 0.400. The summed E-state index contributed by atoms with van der Waals surface area (Å²) in [6.45, 7) is 9.52. The molecule has 138 valence electrons. The molecule has 0 aliphatic heterocycles. The predicted octanol–water partition coefficient (Wildman–Crippen LogP) is 3.69. The van der Waals surface area contributed by atoms with E-state index in [0.717, 1.165) is 33.7 Å². The summed E-state index contributed by atoms with van der Waals surface area (Å²) in [6.07, 6.45) is -0.621. The van der Waals surface area contributed by atoms with Gasteiger partial charge in [-0.15, -0.1) is 0 Å². The zero-order chi connectivity index (χ0) is 19.0. The number of aromatic amines is 2. The number of H-pyrrole nitrogens is 2. The third-order valence-electron chi connectivity index (χ3n) is 4.80. The van der Waals surface area contributed by atoms with Crippen LogP contribution in [0.1, 0.15) is 66.1 Å². The third-order valence-corrected chi connectivity index (χ3v) is 4.80. The van der Waals surface area contributed by atoms with Gasteiger partial charge in [0.1, 0.15) is 11.5 Å². The van der Waals surface area contributed by atoms with Crippen LogP contribution >= 0.6 is 0 Å². The highest BCUT2D eigenvalue weighted by atomic mass is 16.3. The van der Waals surface area contributed by atoms with Crippen molar-refractivity contribution in [1.82, 2.24) is 20.3 Å². The summed E-state index contributed by atoms with van der Waals surface area (Å²) in [5.74, 6) is 0.704. The van der Waals surface area contributed by atoms with Gasteiger partial charge in [-0.25, -0.2) is 4.98 Å². The fourth-order valence-corrected chi connectivity index (χ4v) is 3.50. The number of aromatic nitrogens is 3. The number of hydrogen-bond donors (Lipinski definition) is 4. The number of carbonyl (C=O) groups excluding carboxylic acids is 1. The minimum atomic E-state index is -0.621. The van der Waals surface area contributed by atoms with E-state index in [9.17, 15) is 9.90 Å². The molecule has 0 spiro atoms. The molecule has 0 radical (unpaired) electrons. The Bertz CT molecular complexity index is 904. The molecule has 0 saturated carbocycles. The van der Waals surface area contributed by atoms with Crippen LogP contribution in [0, 0.1) is 19.8 Å². The Labute approximate surface area is 153 Å². The molecule has 2 aromatic heterocycles. The summed E-state index contributed by atoms with van der Waals surface area (Å²) < 4.78 is 0. The van der Waals surface area contributed by atoms with Gasteiger partial charge in [0.25, 0.3) is 5.91 Å². The smallest absolute Gasteiger partial charge is 0.268 e. The average Bonchev–Trinajstić information content (AvgIpc) is 3.12. The number of nitrogens with zero attached hydrogens (tertiary/aromatic N) is 1. The maximum atomic E-state index is 12.9. The van der Waals surface area contributed by atoms with Crippen molar-refractivity contribution in [2.75, 3.05) is 0 Å². The highest BCUT2D eigenvalue weighted by Gasteiger charge is 2.25. The summed E-state index contributed by atoms with van der Waals surface area (Å²) in [5, 5.41) is 13.0. The lowest BCUT2D eigenvalue weighted by Crippen LogP contribution is -2.33. The van der Waals surface area contributed by atoms with Crippen LogP contribution in [0.4, 0.5) is 0 Å². The topological polar surface area (TPSA) is 93.8 Å². The van der Waals surface area contributed by atoms with Gasteiger partial charge in [-0.1, -0.05) is 26.0 Å². The quantitative estimate of drug-likeness (QED) is 0.563. The summed E-state index contributed by atoms with van der Waals surface area (Å²) in [7, 11) is 0. The third kappa shape index (κ3) is 3.24. The summed E-state index contributed by atoms with van der Waals surface area (Å²) in [5.41, 5.74) is 4.69. The molecule has 4 N–H and O–H groups in total. The molecule has 26 heavy (non-hydrogen) atoms. The minimum absolute atomic E-state index is 0.159. The molecule has 6 heteroatoms. The largest absolute Gasteiger partial charge is 0.389 e. The number of nitrogens with one attached hydrogen (secondary N) is 3. The van der Waals surface area contributed by atoms with Gasteiger partial charge in [0.2, 0.25) is 0 Å². The van der Waals surface area contributed by atoms with Gasteiger partial charge >= 0.3 is 0 Å². The molecule has 3 rings (SSSR count). The highest BCUT2D eigenvalue weighted by molar-refractivity contribution is 5.94. The number of imidazole rings is 1. The van der Waals surface area contributed by atoms with Crippen molar-refractivity contribution in [1.29, 1.82) is 0 Å². The van der Waals surface area contributed by atoms with Crippen molar-refractivity contribution >= 4 is 16.9 Å². The second-order valence-corrected chi connectivity index (χ2v) is 7.17. The van der Waals surface area contributed by atoms with Crippen molar-refractivity contribution in [2.24, 2.45) is 5.92 Å². The first-order chi connectivity index (χ1) is 12.3. The van der Waals surface area contributed by atoms with E-state index < -0.39 is 6.10 Å².